The van der Waals surface area contributed by atoms with Crippen molar-refractivity contribution in [2.24, 2.45) is 0 Å². The first-order valence-electron chi connectivity index (χ1n) is 5.39. The molecule has 1 amide bonds. The van der Waals surface area contributed by atoms with E-state index in [0.717, 1.165) is 31.5 Å². The second kappa shape index (κ2) is 4.93. The van der Waals surface area contributed by atoms with E-state index in [1.54, 1.807) is 12.4 Å². The average Bonchev–Trinajstić information content (AvgIpc) is 2.58. The summed E-state index contributed by atoms with van der Waals surface area (Å²) in [4.78, 5) is 11.8. The van der Waals surface area contributed by atoms with Crippen LogP contribution in [0.25, 0.3) is 0 Å². The Morgan fingerprint density at radius 1 is 1.47 bits per heavy atom. The predicted octanol–water partition coefficient (Wildman–Crippen LogP) is 0.880. The van der Waals surface area contributed by atoms with Crippen molar-refractivity contribution in [2.75, 3.05) is 11.9 Å². The molecule has 5 heteroatoms. The van der Waals surface area contributed by atoms with Crippen LogP contribution in [0.4, 0.5) is 5.69 Å². The maximum absolute atomic E-state index is 11.8. The van der Waals surface area contributed by atoms with Crippen LogP contribution < -0.4 is 10.6 Å². The minimum Gasteiger partial charge on any atom is -0.322 e. The third kappa shape index (κ3) is 2.79. The molecule has 1 atom stereocenters. The van der Waals surface area contributed by atoms with E-state index in [2.05, 4.69) is 20.8 Å². The van der Waals surface area contributed by atoms with Crippen LogP contribution in [-0.4, -0.2) is 28.7 Å². The van der Waals surface area contributed by atoms with Crippen molar-refractivity contribution in [1.29, 1.82) is 0 Å². The topological polar surface area (TPSA) is 69.8 Å². The molecule has 5 nitrogen and oxygen atoms in total. The number of amides is 1. The highest BCUT2D eigenvalue weighted by Gasteiger charge is 2.19. The number of hydrogen-bond acceptors (Lipinski definition) is 3. The van der Waals surface area contributed by atoms with Crippen molar-refractivity contribution in [2.45, 2.75) is 31.7 Å². The second-order valence-electron chi connectivity index (χ2n) is 3.83. The molecule has 15 heavy (non-hydrogen) atoms. The zero-order valence-corrected chi connectivity index (χ0v) is 8.62. The van der Waals surface area contributed by atoms with E-state index in [-0.39, 0.29) is 11.9 Å². The van der Waals surface area contributed by atoms with Gasteiger partial charge in [0.05, 0.1) is 17.9 Å². The number of aromatic nitrogens is 2. The fourth-order valence-electron chi connectivity index (χ4n) is 1.80. The molecule has 1 aromatic heterocycles. The van der Waals surface area contributed by atoms with Gasteiger partial charge in [0.25, 0.3) is 0 Å². The summed E-state index contributed by atoms with van der Waals surface area (Å²) in [5, 5.41) is 12.5. The van der Waals surface area contributed by atoms with Crippen LogP contribution in [0.3, 0.4) is 0 Å². The Balaban J connectivity index is 1.89. The molecule has 0 saturated carbocycles. The molecule has 1 aliphatic rings. The minimum atomic E-state index is -0.0533. The first kappa shape index (κ1) is 10.2. The molecule has 2 heterocycles. The van der Waals surface area contributed by atoms with Crippen LogP contribution in [0.2, 0.25) is 0 Å². The molecule has 0 aliphatic carbocycles. The van der Waals surface area contributed by atoms with Gasteiger partial charge in [-0.25, -0.2) is 0 Å². The molecule has 0 bridgehead atoms. The van der Waals surface area contributed by atoms with Crippen molar-refractivity contribution in [3.8, 4) is 0 Å². The summed E-state index contributed by atoms with van der Waals surface area (Å²) in [6.07, 6.45) is 7.70. The zero-order valence-electron chi connectivity index (χ0n) is 8.62. The number of carbonyl (C=O) groups excluding carboxylic acids is 1. The van der Waals surface area contributed by atoms with E-state index in [1.165, 1.54) is 6.42 Å². The summed E-state index contributed by atoms with van der Waals surface area (Å²) in [6.45, 7) is 0.934. The molecule has 1 aliphatic heterocycles. The second-order valence-corrected chi connectivity index (χ2v) is 3.83. The van der Waals surface area contributed by atoms with Crippen LogP contribution in [0.15, 0.2) is 12.4 Å². The maximum Gasteiger partial charge on any atom is 0.241 e. The lowest BCUT2D eigenvalue weighted by atomic mass is 10.1. The van der Waals surface area contributed by atoms with E-state index >= 15 is 0 Å². The van der Waals surface area contributed by atoms with Gasteiger partial charge in [0.1, 0.15) is 0 Å². The maximum atomic E-state index is 11.8. The van der Waals surface area contributed by atoms with Crippen LogP contribution in [0.5, 0.6) is 0 Å². The fourth-order valence-corrected chi connectivity index (χ4v) is 1.80. The number of anilines is 1. The molecular formula is C10H16N4O. The molecule has 1 saturated heterocycles. The van der Waals surface area contributed by atoms with Gasteiger partial charge in [0.2, 0.25) is 5.91 Å². The number of rotatable bonds is 2. The summed E-state index contributed by atoms with van der Waals surface area (Å²) in [5.41, 5.74) is 0.728. The van der Waals surface area contributed by atoms with Crippen LogP contribution in [0, 0.1) is 0 Å². The summed E-state index contributed by atoms with van der Waals surface area (Å²) in [6, 6.07) is -0.0533. The van der Waals surface area contributed by atoms with E-state index in [1.807, 2.05) is 0 Å². The van der Waals surface area contributed by atoms with Gasteiger partial charge in [0.15, 0.2) is 0 Å². The minimum absolute atomic E-state index is 0.0401. The molecule has 2 rings (SSSR count). The van der Waals surface area contributed by atoms with Crippen molar-refractivity contribution < 1.29 is 4.79 Å². The van der Waals surface area contributed by atoms with Gasteiger partial charge in [-0.05, 0) is 19.4 Å². The van der Waals surface area contributed by atoms with E-state index in [0.29, 0.717) is 0 Å². The number of aromatic amines is 1. The van der Waals surface area contributed by atoms with E-state index in [9.17, 15) is 4.79 Å². The number of nitrogens with zero attached hydrogens (tertiary/aromatic N) is 1. The Hall–Kier alpha value is -1.36. The van der Waals surface area contributed by atoms with Gasteiger partial charge < -0.3 is 10.6 Å². The van der Waals surface area contributed by atoms with Gasteiger partial charge in [-0.2, -0.15) is 5.10 Å². The normalized spacial score (nSPS) is 22.0. The first-order valence-corrected chi connectivity index (χ1v) is 5.39. The summed E-state index contributed by atoms with van der Waals surface area (Å²) >= 11 is 0. The van der Waals surface area contributed by atoms with Gasteiger partial charge in [-0.3, -0.25) is 9.89 Å². The third-order valence-electron chi connectivity index (χ3n) is 2.64. The quantitative estimate of drug-likeness (QED) is 0.675. The third-order valence-corrected chi connectivity index (χ3v) is 2.64. The highest BCUT2D eigenvalue weighted by molar-refractivity contribution is 5.94. The van der Waals surface area contributed by atoms with Gasteiger partial charge in [0, 0.05) is 6.20 Å². The van der Waals surface area contributed by atoms with Gasteiger partial charge >= 0.3 is 0 Å². The highest BCUT2D eigenvalue weighted by atomic mass is 16.2. The molecule has 82 valence electrons. The van der Waals surface area contributed by atoms with Crippen LogP contribution >= 0.6 is 0 Å². The SMILES string of the molecule is O=C(Nc1cn[nH]c1)C1CCCCCN1. The van der Waals surface area contributed by atoms with Crippen molar-refractivity contribution in [3.05, 3.63) is 12.4 Å². The Kier molecular flexibility index (Phi) is 3.34. The smallest absolute Gasteiger partial charge is 0.241 e. The number of nitrogens with one attached hydrogen (secondary N) is 3. The lowest BCUT2D eigenvalue weighted by Gasteiger charge is -2.14. The summed E-state index contributed by atoms with van der Waals surface area (Å²) < 4.78 is 0. The lowest BCUT2D eigenvalue weighted by molar-refractivity contribution is -0.118. The monoisotopic (exact) mass is 208 g/mol. The Morgan fingerprint density at radius 2 is 2.40 bits per heavy atom. The highest BCUT2D eigenvalue weighted by Crippen LogP contribution is 2.10. The van der Waals surface area contributed by atoms with Crippen LogP contribution in [-0.2, 0) is 4.79 Å². The molecule has 0 aromatic carbocycles. The zero-order chi connectivity index (χ0) is 10.5. The van der Waals surface area contributed by atoms with Gasteiger partial charge in [-0.15, -0.1) is 0 Å². The molecule has 1 fully saturated rings. The first-order chi connectivity index (χ1) is 7.36. The Bertz CT molecular complexity index is 301. The molecule has 0 spiro atoms. The average molecular weight is 208 g/mol. The van der Waals surface area contributed by atoms with Gasteiger partial charge in [-0.1, -0.05) is 12.8 Å². The lowest BCUT2D eigenvalue weighted by Crippen LogP contribution is -2.39. The Labute approximate surface area is 88.6 Å². The summed E-state index contributed by atoms with van der Waals surface area (Å²) in [5.74, 6) is 0.0401. The molecule has 1 aromatic rings. The van der Waals surface area contributed by atoms with Crippen LogP contribution in [0.1, 0.15) is 25.7 Å². The Morgan fingerprint density at radius 3 is 3.20 bits per heavy atom. The van der Waals surface area contributed by atoms with E-state index < -0.39 is 0 Å². The number of hydrogen-bond donors (Lipinski definition) is 3. The molecule has 3 N–H and O–H groups in total. The molecule has 0 radical (unpaired) electrons. The molecule has 1 unspecified atom stereocenters. The fraction of sp³-hybridized carbons (Fsp3) is 0.600. The van der Waals surface area contributed by atoms with E-state index in [4.69, 9.17) is 0 Å². The standard InChI is InChI=1S/C10H16N4O/c15-10(14-8-6-12-13-7-8)9-4-2-1-3-5-11-9/h6-7,9,11H,1-5H2,(H,12,13)(H,14,15). The summed E-state index contributed by atoms with van der Waals surface area (Å²) in [7, 11) is 0. The number of H-pyrrole nitrogens is 1. The van der Waals surface area contributed by atoms with Crippen molar-refractivity contribution >= 4 is 11.6 Å². The largest absolute Gasteiger partial charge is 0.322 e. The van der Waals surface area contributed by atoms with Crippen molar-refractivity contribution in [1.82, 2.24) is 15.5 Å². The number of carbonyl (C=O) groups is 1. The van der Waals surface area contributed by atoms with Crippen molar-refractivity contribution in [3.63, 3.8) is 0 Å². The predicted molar refractivity (Wildman–Crippen MR) is 57.5 cm³/mol. The molecular weight excluding hydrogens is 192 g/mol.